The molecule has 2 aromatic carbocycles. The Morgan fingerprint density at radius 3 is 2.33 bits per heavy atom. The van der Waals surface area contributed by atoms with Gasteiger partial charge in [-0.2, -0.15) is 0 Å². The van der Waals surface area contributed by atoms with Crippen molar-refractivity contribution in [2.45, 2.75) is 32.9 Å². The maximum absolute atomic E-state index is 11.3. The van der Waals surface area contributed by atoms with Crippen molar-refractivity contribution in [1.82, 2.24) is 4.90 Å². The average molecular weight is 327 g/mol. The number of carbonyl (C=O) groups is 1. The summed E-state index contributed by atoms with van der Waals surface area (Å²) < 4.78 is 0. The zero-order chi connectivity index (χ0) is 17.7. The first-order valence-electron chi connectivity index (χ1n) is 8.16. The summed E-state index contributed by atoms with van der Waals surface area (Å²) in [6, 6.07) is 15.2. The summed E-state index contributed by atoms with van der Waals surface area (Å²) in [5.41, 5.74) is 2.52. The minimum absolute atomic E-state index is 0.281. The zero-order valence-electron chi connectivity index (χ0n) is 14.5. The maximum atomic E-state index is 11.3. The molecule has 0 aliphatic carbocycles. The number of carboxylic acids is 1. The molecule has 0 aliphatic rings. The van der Waals surface area contributed by atoms with Crippen molar-refractivity contribution in [2.75, 3.05) is 13.1 Å². The highest BCUT2D eigenvalue weighted by molar-refractivity contribution is 5.89. The number of rotatable bonds is 7. The molecule has 0 aliphatic heterocycles. The molecule has 0 unspecified atom stereocenters. The Bertz CT molecular complexity index is 690. The molecule has 0 saturated carbocycles. The van der Waals surface area contributed by atoms with Gasteiger partial charge in [0.1, 0.15) is 0 Å². The highest BCUT2D eigenvalue weighted by Gasteiger charge is 2.19. The molecular weight excluding hydrogens is 302 g/mol. The highest BCUT2D eigenvalue weighted by Crippen LogP contribution is 2.26. The third kappa shape index (κ3) is 4.91. The van der Waals surface area contributed by atoms with Gasteiger partial charge in [0, 0.05) is 13.1 Å². The van der Waals surface area contributed by atoms with Crippen LogP contribution in [0.5, 0.6) is 0 Å². The van der Waals surface area contributed by atoms with Gasteiger partial charge in [-0.15, -0.1) is 0 Å². The molecule has 2 aromatic rings. The first-order chi connectivity index (χ1) is 11.3. The van der Waals surface area contributed by atoms with E-state index < -0.39 is 11.6 Å². The van der Waals surface area contributed by atoms with Crippen LogP contribution in [-0.4, -0.2) is 39.8 Å². The number of benzene rings is 2. The van der Waals surface area contributed by atoms with Gasteiger partial charge in [-0.05, 0) is 49.2 Å². The Hall–Kier alpha value is -2.17. The fourth-order valence-corrected chi connectivity index (χ4v) is 2.82. The molecule has 2 N–H and O–H groups in total. The van der Waals surface area contributed by atoms with Crippen LogP contribution in [0.1, 0.15) is 36.7 Å². The van der Waals surface area contributed by atoms with Gasteiger partial charge in [0.2, 0.25) is 0 Å². The van der Waals surface area contributed by atoms with E-state index in [-0.39, 0.29) is 5.56 Å². The van der Waals surface area contributed by atoms with Crippen LogP contribution in [0.2, 0.25) is 0 Å². The van der Waals surface area contributed by atoms with Crippen LogP contribution in [0.3, 0.4) is 0 Å². The number of nitrogens with zero attached hydrogens (tertiary/aromatic N) is 1. The van der Waals surface area contributed by atoms with Gasteiger partial charge in [0.15, 0.2) is 0 Å². The standard InChI is InChI=1S/C20H25NO3/c1-4-21(14-20(2,3)24)13-17-12-16(19(22)23)10-11-18(17)15-8-6-5-7-9-15/h5-12,24H,4,13-14H2,1-3H3,(H,22,23). The van der Waals surface area contributed by atoms with Gasteiger partial charge >= 0.3 is 5.97 Å². The number of aliphatic hydroxyl groups is 1. The highest BCUT2D eigenvalue weighted by atomic mass is 16.4. The Morgan fingerprint density at radius 2 is 1.79 bits per heavy atom. The van der Waals surface area contributed by atoms with E-state index >= 15 is 0 Å². The van der Waals surface area contributed by atoms with Crippen LogP contribution in [-0.2, 0) is 6.54 Å². The van der Waals surface area contributed by atoms with Gasteiger partial charge in [0.25, 0.3) is 0 Å². The van der Waals surface area contributed by atoms with E-state index in [0.717, 1.165) is 23.2 Å². The molecule has 0 fully saturated rings. The van der Waals surface area contributed by atoms with Crippen molar-refractivity contribution in [3.63, 3.8) is 0 Å². The Kier molecular flexibility index (Phi) is 5.75. The van der Waals surface area contributed by atoms with E-state index in [1.807, 2.05) is 43.3 Å². The first-order valence-corrected chi connectivity index (χ1v) is 8.16. The minimum atomic E-state index is -0.929. The number of carboxylic acid groups (broad SMARTS) is 1. The van der Waals surface area contributed by atoms with Crippen LogP contribution in [0.15, 0.2) is 48.5 Å². The number of hydrogen-bond acceptors (Lipinski definition) is 3. The number of hydrogen-bond donors (Lipinski definition) is 2. The summed E-state index contributed by atoms with van der Waals surface area (Å²) in [5.74, 6) is -0.929. The van der Waals surface area contributed by atoms with Gasteiger partial charge in [-0.25, -0.2) is 4.79 Å². The molecule has 4 heteroatoms. The first kappa shape index (κ1) is 18.2. The summed E-state index contributed by atoms with van der Waals surface area (Å²) >= 11 is 0. The van der Waals surface area contributed by atoms with Crippen molar-refractivity contribution in [1.29, 1.82) is 0 Å². The quantitative estimate of drug-likeness (QED) is 0.815. The second-order valence-corrected chi connectivity index (χ2v) is 6.66. The van der Waals surface area contributed by atoms with Crippen molar-refractivity contribution in [3.8, 4) is 11.1 Å². The Balaban J connectivity index is 2.41. The SMILES string of the molecule is CCN(Cc1cc(C(=O)O)ccc1-c1ccccc1)CC(C)(C)O. The average Bonchev–Trinajstić information content (AvgIpc) is 2.53. The Morgan fingerprint density at radius 1 is 1.12 bits per heavy atom. The summed E-state index contributed by atoms with van der Waals surface area (Å²) in [5, 5.41) is 19.4. The fraction of sp³-hybridized carbons (Fsp3) is 0.350. The van der Waals surface area contributed by atoms with Crippen LogP contribution >= 0.6 is 0 Å². The van der Waals surface area contributed by atoms with E-state index in [1.165, 1.54) is 0 Å². The second-order valence-electron chi connectivity index (χ2n) is 6.66. The molecule has 0 radical (unpaired) electrons. The predicted octanol–water partition coefficient (Wildman–Crippen LogP) is 3.64. The summed E-state index contributed by atoms with van der Waals surface area (Å²) in [7, 11) is 0. The van der Waals surface area contributed by atoms with Crippen LogP contribution in [0.4, 0.5) is 0 Å². The van der Waals surface area contributed by atoms with Crippen molar-refractivity contribution in [3.05, 3.63) is 59.7 Å². The maximum Gasteiger partial charge on any atom is 0.335 e. The fourth-order valence-electron chi connectivity index (χ4n) is 2.82. The van der Waals surface area contributed by atoms with Crippen molar-refractivity contribution in [2.24, 2.45) is 0 Å². The smallest absolute Gasteiger partial charge is 0.335 e. The monoisotopic (exact) mass is 327 g/mol. The Labute approximate surface area is 143 Å². The molecule has 0 saturated heterocycles. The molecule has 4 nitrogen and oxygen atoms in total. The molecule has 128 valence electrons. The normalized spacial score (nSPS) is 11.7. The van der Waals surface area contributed by atoms with E-state index in [4.69, 9.17) is 0 Å². The van der Waals surface area contributed by atoms with Crippen molar-refractivity contribution >= 4 is 5.97 Å². The molecular formula is C20H25NO3. The largest absolute Gasteiger partial charge is 0.478 e. The lowest BCUT2D eigenvalue weighted by Crippen LogP contribution is -2.38. The van der Waals surface area contributed by atoms with Gasteiger partial charge in [-0.3, -0.25) is 4.90 Å². The number of likely N-dealkylation sites (N-methyl/N-ethyl adjacent to an activating group) is 1. The zero-order valence-corrected chi connectivity index (χ0v) is 14.5. The van der Waals surface area contributed by atoms with Gasteiger partial charge in [-0.1, -0.05) is 43.3 Å². The number of aromatic carboxylic acids is 1. The van der Waals surface area contributed by atoms with Gasteiger partial charge < -0.3 is 10.2 Å². The lowest BCUT2D eigenvalue weighted by molar-refractivity contribution is 0.0353. The van der Waals surface area contributed by atoms with Crippen molar-refractivity contribution < 1.29 is 15.0 Å². The molecule has 0 heterocycles. The lowest BCUT2D eigenvalue weighted by Gasteiger charge is -2.28. The molecule has 0 bridgehead atoms. The topological polar surface area (TPSA) is 60.8 Å². The van der Waals surface area contributed by atoms with Gasteiger partial charge in [0.05, 0.1) is 11.2 Å². The van der Waals surface area contributed by atoms with Crippen LogP contribution < -0.4 is 0 Å². The van der Waals surface area contributed by atoms with E-state index in [1.54, 1.807) is 26.0 Å². The van der Waals surface area contributed by atoms with E-state index in [0.29, 0.717) is 13.1 Å². The molecule has 0 aromatic heterocycles. The minimum Gasteiger partial charge on any atom is -0.478 e. The van der Waals surface area contributed by atoms with Crippen LogP contribution in [0, 0.1) is 0 Å². The summed E-state index contributed by atoms with van der Waals surface area (Å²) in [6.45, 7) is 7.48. The van der Waals surface area contributed by atoms with Crippen LogP contribution in [0.25, 0.3) is 11.1 Å². The molecule has 0 atom stereocenters. The molecule has 24 heavy (non-hydrogen) atoms. The second kappa shape index (κ2) is 7.60. The lowest BCUT2D eigenvalue weighted by atomic mass is 9.96. The third-order valence-electron chi connectivity index (χ3n) is 3.89. The summed E-state index contributed by atoms with van der Waals surface area (Å²) in [6.07, 6.45) is 0. The molecule has 2 rings (SSSR count). The van der Waals surface area contributed by atoms with E-state index in [9.17, 15) is 15.0 Å². The molecule has 0 spiro atoms. The summed E-state index contributed by atoms with van der Waals surface area (Å²) in [4.78, 5) is 13.4. The predicted molar refractivity (Wildman–Crippen MR) is 96.1 cm³/mol. The van der Waals surface area contributed by atoms with E-state index in [2.05, 4.69) is 4.90 Å². The third-order valence-corrected chi connectivity index (χ3v) is 3.89. The molecule has 0 amide bonds.